The van der Waals surface area contributed by atoms with E-state index in [2.05, 4.69) is 161 Å². The van der Waals surface area contributed by atoms with Gasteiger partial charge in [-0.2, -0.15) is 4.40 Å². The molecule has 0 aliphatic heterocycles. The summed E-state index contributed by atoms with van der Waals surface area (Å²) in [5.74, 6) is 0. The molecule has 3 heteroatoms. The summed E-state index contributed by atoms with van der Waals surface area (Å²) in [6, 6.07) is 56.6. The molecular formula is C47H30N3+. The van der Waals surface area contributed by atoms with Gasteiger partial charge in [-0.05, 0) is 91.5 Å². The average Bonchev–Trinajstić information content (AvgIpc) is 3.19. The van der Waals surface area contributed by atoms with Crippen LogP contribution < -0.4 is 4.40 Å². The van der Waals surface area contributed by atoms with Crippen LogP contribution in [0.2, 0.25) is 0 Å². The zero-order valence-electron chi connectivity index (χ0n) is 27.2. The van der Waals surface area contributed by atoms with Crippen molar-refractivity contribution in [1.82, 2.24) is 9.97 Å². The second-order valence-electron chi connectivity index (χ2n) is 12.9. The van der Waals surface area contributed by atoms with Crippen molar-refractivity contribution in [2.24, 2.45) is 0 Å². The predicted molar refractivity (Wildman–Crippen MR) is 207 cm³/mol. The van der Waals surface area contributed by atoms with Crippen LogP contribution in [0.25, 0.3) is 93.4 Å². The quantitative estimate of drug-likeness (QED) is 0.142. The van der Waals surface area contributed by atoms with Crippen molar-refractivity contribution < 1.29 is 4.40 Å². The second-order valence-corrected chi connectivity index (χ2v) is 12.9. The Kier molecular flexibility index (Phi) is 6.49. The predicted octanol–water partition coefficient (Wildman–Crippen LogP) is 11.5. The Balaban J connectivity index is 1.20. The van der Waals surface area contributed by atoms with E-state index in [0.717, 1.165) is 38.8 Å². The Morgan fingerprint density at radius 3 is 1.90 bits per heavy atom. The third-order valence-electron chi connectivity index (χ3n) is 9.97. The maximum absolute atomic E-state index is 4.93. The molecule has 50 heavy (non-hydrogen) atoms. The molecule has 0 radical (unpaired) electrons. The molecule has 0 N–H and O–H groups in total. The Morgan fingerprint density at radius 1 is 0.380 bits per heavy atom. The van der Waals surface area contributed by atoms with Gasteiger partial charge in [0.1, 0.15) is 0 Å². The van der Waals surface area contributed by atoms with E-state index in [4.69, 9.17) is 4.98 Å². The fourth-order valence-corrected chi connectivity index (χ4v) is 7.52. The van der Waals surface area contributed by atoms with Gasteiger partial charge in [0.05, 0.1) is 11.2 Å². The highest BCUT2D eigenvalue weighted by molar-refractivity contribution is 6.22. The summed E-state index contributed by atoms with van der Waals surface area (Å²) < 4.78 is 2.21. The lowest BCUT2D eigenvalue weighted by molar-refractivity contribution is -0.511. The van der Waals surface area contributed by atoms with Crippen molar-refractivity contribution >= 4 is 48.7 Å². The van der Waals surface area contributed by atoms with Crippen LogP contribution in [-0.2, 0) is 0 Å². The Labute approximate surface area is 289 Å². The summed E-state index contributed by atoms with van der Waals surface area (Å²) >= 11 is 0. The number of nitrogens with zero attached hydrogens (tertiary/aromatic N) is 3. The molecule has 0 spiro atoms. The van der Waals surface area contributed by atoms with Gasteiger partial charge in [-0.25, -0.2) is 0 Å². The number of benzene rings is 6. The van der Waals surface area contributed by atoms with E-state index in [1.807, 2.05) is 30.6 Å². The van der Waals surface area contributed by atoms with Gasteiger partial charge in [-0.15, -0.1) is 0 Å². The Morgan fingerprint density at radius 2 is 1.04 bits per heavy atom. The molecule has 3 nitrogen and oxygen atoms in total. The molecule has 6 aromatic carbocycles. The van der Waals surface area contributed by atoms with Gasteiger partial charge < -0.3 is 0 Å². The molecule has 0 amide bonds. The maximum Gasteiger partial charge on any atom is 0.210 e. The van der Waals surface area contributed by atoms with Gasteiger partial charge in [0, 0.05) is 58.2 Å². The first kappa shape index (κ1) is 28.3. The zero-order valence-corrected chi connectivity index (χ0v) is 27.2. The van der Waals surface area contributed by atoms with Gasteiger partial charge in [-0.3, -0.25) is 9.97 Å². The molecule has 0 atom stereocenters. The Hall–Kier alpha value is -6.71. The van der Waals surface area contributed by atoms with Crippen LogP contribution >= 0.6 is 0 Å². The first-order chi connectivity index (χ1) is 24.8. The number of aromatic nitrogens is 3. The number of hydrogen-bond donors (Lipinski definition) is 0. The van der Waals surface area contributed by atoms with Crippen LogP contribution in [0.1, 0.15) is 0 Å². The number of para-hydroxylation sites is 1. The van der Waals surface area contributed by atoms with Gasteiger partial charge in [0.15, 0.2) is 12.4 Å². The fourth-order valence-electron chi connectivity index (χ4n) is 7.52. The summed E-state index contributed by atoms with van der Waals surface area (Å²) in [7, 11) is 0. The minimum absolute atomic E-state index is 0.909. The van der Waals surface area contributed by atoms with E-state index in [-0.39, 0.29) is 0 Å². The van der Waals surface area contributed by atoms with Crippen LogP contribution in [0.4, 0.5) is 0 Å². The lowest BCUT2D eigenvalue weighted by atomic mass is 9.85. The largest absolute Gasteiger partial charge is 0.256 e. The van der Waals surface area contributed by atoms with Crippen molar-refractivity contribution in [3.05, 3.63) is 183 Å². The van der Waals surface area contributed by atoms with Gasteiger partial charge >= 0.3 is 0 Å². The normalized spacial score (nSPS) is 11.6. The van der Waals surface area contributed by atoms with Gasteiger partial charge in [0.25, 0.3) is 0 Å². The van der Waals surface area contributed by atoms with Crippen LogP contribution in [0.3, 0.4) is 0 Å². The molecule has 0 aliphatic rings. The minimum Gasteiger partial charge on any atom is -0.256 e. The summed E-state index contributed by atoms with van der Waals surface area (Å²) in [5.41, 5.74) is 11.1. The molecule has 0 fully saturated rings. The van der Waals surface area contributed by atoms with Crippen LogP contribution in [-0.4, -0.2) is 9.97 Å². The van der Waals surface area contributed by atoms with Crippen molar-refractivity contribution in [3.8, 4) is 44.6 Å². The van der Waals surface area contributed by atoms with Gasteiger partial charge in [0.2, 0.25) is 5.52 Å². The van der Waals surface area contributed by atoms with E-state index in [1.54, 1.807) is 0 Å². The Bertz CT molecular complexity index is 2930. The van der Waals surface area contributed by atoms with Crippen LogP contribution in [0.5, 0.6) is 0 Å². The van der Waals surface area contributed by atoms with Gasteiger partial charge in [-0.1, -0.05) is 97.1 Å². The lowest BCUT2D eigenvalue weighted by Crippen LogP contribution is -2.20. The van der Waals surface area contributed by atoms with E-state index in [1.165, 1.54) is 54.6 Å². The zero-order chi connectivity index (χ0) is 33.0. The third-order valence-corrected chi connectivity index (χ3v) is 9.97. The minimum atomic E-state index is 0.909. The third kappa shape index (κ3) is 4.71. The fraction of sp³-hybridized carbons (Fsp3) is 0. The monoisotopic (exact) mass is 636 g/mol. The van der Waals surface area contributed by atoms with Crippen molar-refractivity contribution in [2.75, 3.05) is 0 Å². The average molecular weight is 637 g/mol. The molecule has 4 heterocycles. The lowest BCUT2D eigenvalue weighted by Gasteiger charge is -2.18. The van der Waals surface area contributed by atoms with Crippen molar-refractivity contribution in [2.45, 2.75) is 0 Å². The summed E-state index contributed by atoms with van der Waals surface area (Å²) in [5, 5.41) is 8.49. The van der Waals surface area contributed by atoms with Crippen LogP contribution in [0, 0.1) is 0 Å². The summed E-state index contributed by atoms with van der Waals surface area (Å²) in [4.78, 5) is 9.59. The van der Waals surface area contributed by atoms with E-state index < -0.39 is 0 Å². The first-order valence-electron chi connectivity index (χ1n) is 17.0. The molecule has 0 bridgehead atoms. The van der Waals surface area contributed by atoms with Crippen LogP contribution in [0.15, 0.2) is 183 Å². The highest BCUT2D eigenvalue weighted by atomic mass is 14.8. The molecule has 0 saturated heterocycles. The number of hydrogen-bond acceptors (Lipinski definition) is 2. The van der Waals surface area contributed by atoms with Crippen molar-refractivity contribution in [1.29, 1.82) is 0 Å². The maximum atomic E-state index is 4.93. The first-order valence-corrected chi connectivity index (χ1v) is 17.0. The molecule has 10 rings (SSSR count). The molecule has 0 saturated carbocycles. The topological polar surface area (TPSA) is 29.9 Å². The molecule has 0 aliphatic carbocycles. The smallest absolute Gasteiger partial charge is 0.210 e. The van der Waals surface area contributed by atoms with Crippen molar-refractivity contribution in [3.63, 3.8) is 0 Å². The highest BCUT2D eigenvalue weighted by Gasteiger charge is 2.19. The van der Waals surface area contributed by atoms with E-state index >= 15 is 0 Å². The summed E-state index contributed by atoms with van der Waals surface area (Å²) in [6.45, 7) is 0. The molecule has 232 valence electrons. The number of pyridine rings is 4. The second kappa shape index (κ2) is 11.5. The van der Waals surface area contributed by atoms with E-state index in [9.17, 15) is 0 Å². The standard InChI is InChI=1S/C47H30N3/c1-2-10-32-25-35(17-16-31(32)9-1)46-40-13-4-5-14-41(40)47(37-18-21-39-12-7-8-24-50(39)30-37)42-22-19-33(27-43(42)46)36-20-23-45(48-28-36)38-26-34-11-3-6-15-44(34)49-29-38/h1-30H/q+1. The molecule has 4 aromatic heterocycles. The number of rotatable bonds is 4. The molecular weight excluding hydrogens is 607 g/mol. The summed E-state index contributed by atoms with van der Waals surface area (Å²) in [6.07, 6.45) is 8.27. The number of fused-ring (bicyclic) bond motifs is 5. The SMILES string of the molecule is c1ccc2cc(-c3c4ccccc4c(-c4ccc5cccc[n+]5c4)c4ccc(-c5ccc(-c6cnc7ccccc7c6)nc5)cc34)ccc2c1. The van der Waals surface area contributed by atoms with E-state index in [0.29, 0.717) is 0 Å². The molecule has 10 aromatic rings. The highest BCUT2D eigenvalue weighted by Crippen LogP contribution is 2.45. The molecule has 0 unspecified atom stereocenters.